The lowest BCUT2D eigenvalue weighted by Gasteiger charge is -2.35. The first-order valence-corrected chi connectivity index (χ1v) is 12.2. The van der Waals surface area contributed by atoms with Crippen molar-refractivity contribution in [1.29, 1.82) is 0 Å². The van der Waals surface area contributed by atoms with Gasteiger partial charge < -0.3 is 14.5 Å². The van der Waals surface area contributed by atoms with Crippen LogP contribution in [0, 0.1) is 0 Å². The highest BCUT2D eigenvalue weighted by Crippen LogP contribution is 2.31. The van der Waals surface area contributed by atoms with Crippen LogP contribution >= 0.6 is 15.9 Å². The average Bonchev–Trinajstić information content (AvgIpc) is 2.79. The SMILES string of the molecule is O=S(=O)(c1ccc(C(F)(F)F)cc1)N1CCN(c2nc(N3CCOCC3)ncc2Br)CC1. The largest absolute Gasteiger partial charge is 0.416 e. The summed E-state index contributed by atoms with van der Waals surface area (Å²) in [5.41, 5.74) is -0.883. The maximum atomic E-state index is 12.9. The van der Waals surface area contributed by atoms with Gasteiger partial charge in [-0.15, -0.1) is 0 Å². The van der Waals surface area contributed by atoms with Crippen LogP contribution in [0.15, 0.2) is 39.8 Å². The Hall–Kier alpha value is -1.96. The minimum Gasteiger partial charge on any atom is -0.378 e. The molecule has 2 aromatic rings. The number of rotatable bonds is 4. The number of ether oxygens (including phenoxy) is 1. The van der Waals surface area contributed by atoms with Crippen LogP contribution in [0.5, 0.6) is 0 Å². The van der Waals surface area contributed by atoms with Gasteiger partial charge in [-0.3, -0.25) is 0 Å². The van der Waals surface area contributed by atoms with Gasteiger partial charge in [-0.25, -0.2) is 13.4 Å². The number of halogens is 4. The van der Waals surface area contributed by atoms with Crippen molar-refractivity contribution >= 4 is 37.7 Å². The molecule has 2 saturated heterocycles. The van der Waals surface area contributed by atoms with E-state index in [-0.39, 0.29) is 18.0 Å². The summed E-state index contributed by atoms with van der Waals surface area (Å²) < 4.78 is 71.4. The Morgan fingerprint density at radius 2 is 1.56 bits per heavy atom. The minimum absolute atomic E-state index is 0.156. The van der Waals surface area contributed by atoms with E-state index in [2.05, 4.69) is 25.9 Å². The molecular formula is C19H21BrF3N5O3S. The molecule has 174 valence electrons. The molecule has 2 aliphatic rings. The van der Waals surface area contributed by atoms with Gasteiger partial charge >= 0.3 is 6.18 Å². The summed E-state index contributed by atoms with van der Waals surface area (Å²) in [6.07, 6.45) is -2.84. The predicted octanol–water partition coefficient (Wildman–Crippen LogP) is 2.61. The molecule has 0 N–H and O–H groups in total. The zero-order chi connectivity index (χ0) is 22.9. The number of piperazine rings is 1. The van der Waals surface area contributed by atoms with Gasteiger partial charge in [0, 0.05) is 45.5 Å². The highest BCUT2D eigenvalue weighted by atomic mass is 79.9. The molecule has 0 unspecified atom stereocenters. The number of hydrogen-bond donors (Lipinski definition) is 0. The number of morpholine rings is 1. The van der Waals surface area contributed by atoms with Crippen LogP contribution < -0.4 is 9.80 Å². The second-order valence-electron chi connectivity index (χ2n) is 7.35. The van der Waals surface area contributed by atoms with E-state index < -0.39 is 21.8 Å². The van der Waals surface area contributed by atoms with E-state index in [1.54, 1.807) is 6.20 Å². The number of nitrogens with zero attached hydrogens (tertiary/aromatic N) is 5. The third-order valence-electron chi connectivity index (χ3n) is 5.36. The number of hydrogen-bond acceptors (Lipinski definition) is 7. The summed E-state index contributed by atoms with van der Waals surface area (Å²) in [5, 5.41) is 0. The van der Waals surface area contributed by atoms with Crippen molar-refractivity contribution in [3.8, 4) is 0 Å². The van der Waals surface area contributed by atoms with Gasteiger partial charge in [0.05, 0.1) is 28.1 Å². The Morgan fingerprint density at radius 3 is 2.16 bits per heavy atom. The molecule has 1 aromatic carbocycles. The van der Waals surface area contributed by atoms with Gasteiger partial charge in [-0.1, -0.05) is 0 Å². The second-order valence-corrected chi connectivity index (χ2v) is 10.1. The van der Waals surface area contributed by atoms with Crippen molar-refractivity contribution in [3.05, 3.63) is 40.5 Å². The van der Waals surface area contributed by atoms with Gasteiger partial charge in [0.25, 0.3) is 0 Å². The van der Waals surface area contributed by atoms with Crippen molar-refractivity contribution in [2.45, 2.75) is 11.1 Å². The fourth-order valence-corrected chi connectivity index (χ4v) is 5.46. The smallest absolute Gasteiger partial charge is 0.378 e. The molecule has 8 nitrogen and oxygen atoms in total. The van der Waals surface area contributed by atoms with Crippen LogP contribution in [0.2, 0.25) is 0 Å². The maximum Gasteiger partial charge on any atom is 0.416 e. The van der Waals surface area contributed by atoms with Crippen LogP contribution in [0.1, 0.15) is 5.56 Å². The van der Waals surface area contributed by atoms with E-state index in [0.717, 1.165) is 24.3 Å². The Balaban J connectivity index is 1.46. The van der Waals surface area contributed by atoms with Gasteiger partial charge in [-0.2, -0.15) is 22.5 Å². The summed E-state index contributed by atoms with van der Waals surface area (Å²) in [4.78, 5) is 12.9. The monoisotopic (exact) mass is 535 g/mol. The topological polar surface area (TPSA) is 78.9 Å². The molecule has 0 atom stereocenters. The number of anilines is 2. The predicted molar refractivity (Wildman–Crippen MR) is 115 cm³/mol. The first kappa shape index (κ1) is 23.2. The lowest BCUT2D eigenvalue weighted by molar-refractivity contribution is -0.137. The number of aromatic nitrogens is 2. The molecular weight excluding hydrogens is 515 g/mol. The summed E-state index contributed by atoms with van der Waals surface area (Å²) in [5.74, 6) is 1.26. The Morgan fingerprint density at radius 1 is 0.938 bits per heavy atom. The van der Waals surface area contributed by atoms with Crippen LogP contribution in [0.3, 0.4) is 0 Å². The molecule has 0 amide bonds. The van der Waals surface area contributed by atoms with E-state index >= 15 is 0 Å². The Labute approximate surface area is 192 Å². The second kappa shape index (κ2) is 9.12. The van der Waals surface area contributed by atoms with Gasteiger partial charge in [-0.05, 0) is 40.2 Å². The van der Waals surface area contributed by atoms with E-state index in [1.165, 1.54) is 4.31 Å². The molecule has 0 bridgehead atoms. The average molecular weight is 536 g/mol. The fourth-order valence-electron chi connectivity index (χ4n) is 3.59. The summed E-state index contributed by atoms with van der Waals surface area (Å²) >= 11 is 3.47. The molecule has 0 saturated carbocycles. The fraction of sp³-hybridized carbons (Fsp3) is 0.474. The number of sulfonamides is 1. The van der Waals surface area contributed by atoms with E-state index in [1.807, 2.05) is 9.80 Å². The molecule has 0 radical (unpaired) electrons. The van der Waals surface area contributed by atoms with Crippen LogP contribution in [-0.2, 0) is 20.9 Å². The minimum atomic E-state index is -4.51. The molecule has 4 rings (SSSR count). The van der Waals surface area contributed by atoms with Crippen molar-refractivity contribution in [3.63, 3.8) is 0 Å². The third kappa shape index (κ3) is 4.85. The molecule has 2 aliphatic heterocycles. The third-order valence-corrected chi connectivity index (χ3v) is 7.84. The van der Waals surface area contributed by atoms with Crippen molar-refractivity contribution in [2.75, 3.05) is 62.3 Å². The lowest BCUT2D eigenvalue weighted by Crippen LogP contribution is -2.49. The van der Waals surface area contributed by atoms with Crippen LogP contribution in [0.25, 0.3) is 0 Å². The lowest BCUT2D eigenvalue weighted by atomic mass is 10.2. The van der Waals surface area contributed by atoms with E-state index in [4.69, 9.17) is 4.74 Å². The van der Waals surface area contributed by atoms with Crippen molar-refractivity contribution in [1.82, 2.24) is 14.3 Å². The number of benzene rings is 1. The molecule has 1 aromatic heterocycles. The molecule has 2 fully saturated rings. The molecule has 0 aliphatic carbocycles. The normalized spacial score (nSPS) is 18.8. The standard InChI is InChI=1S/C19H21BrF3N5O3S/c20-16-13-24-18(27-9-11-31-12-10-27)25-17(16)26-5-7-28(8-6-26)32(29,30)15-3-1-14(2-4-15)19(21,22)23/h1-4,13H,5-12H2. The van der Waals surface area contributed by atoms with E-state index in [0.29, 0.717) is 55.6 Å². The Kier molecular flexibility index (Phi) is 6.61. The summed E-state index contributed by atoms with van der Waals surface area (Å²) in [7, 11) is -3.89. The highest BCUT2D eigenvalue weighted by Gasteiger charge is 2.33. The maximum absolute atomic E-state index is 12.9. The summed E-state index contributed by atoms with van der Waals surface area (Å²) in [6, 6.07) is 3.57. The quantitative estimate of drug-likeness (QED) is 0.595. The van der Waals surface area contributed by atoms with Crippen LogP contribution in [-0.4, -0.2) is 75.2 Å². The first-order valence-electron chi connectivity index (χ1n) is 9.94. The van der Waals surface area contributed by atoms with Gasteiger partial charge in [0.1, 0.15) is 5.82 Å². The van der Waals surface area contributed by atoms with Crippen molar-refractivity contribution < 1.29 is 26.3 Å². The number of alkyl halides is 3. The van der Waals surface area contributed by atoms with Gasteiger partial charge in [0.2, 0.25) is 16.0 Å². The zero-order valence-electron chi connectivity index (χ0n) is 16.9. The van der Waals surface area contributed by atoms with E-state index in [9.17, 15) is 21.6 Å². The molecule has 32 heavy (non-hydrogen) atoms. The first-order chi connectivity index (χ1) is 15.2. The molecule has 3 heterocycles. The van der Waals surface area contributed by atoms with Crippen molar-refractivity contribution in [2.24, 2.45) is 0 Å². The summed E-state index contributed by atoms with van der Waals surface area (Å²) in [6.45, 7) is 3.75. The highest BCUT2D eigenvalue weighted by molar-refractivity contribution is 9.10. The van der Waals surface area contributed by atoms with Crippen LogP contribution in [0.4, 0.5) is 24.9 Å². The van der Waals surface area contributed by atoms with Gasteiger partial charge in [0.15, 0.2) is 0 Å². The zero-order valence-corrected chi connectivity index (χ0v) is 19.3. The molecule has 0 spiro atoms. The Bertz CT molecular complexity index is 1050. The molecule has 13 heteroatoms.